The minimum Gasteiger partial charge on any atom is -0.409 e. The lowest BCUT2D eigenvalue weighted by Crippen LogP contribution is -2.33. The lowest BCUT2D eigenvalue weighted by Gasteiger charge is -2.27. The predicted octanol–water partition coefficient (Wildman–Crippen LogP) is 2.52. The smallest absolute Gasteiger partial charge is 0.173 e. The molecule has 2 rings (SSSR count). The molecule has 1 aromatic heterocycles. The number of hydrogen-bond donors (Lipinski definition) is 2. The first kappa shape index (κ1) is 15.4. The van der Waals surface area contributed by atoms with E-state index in [4.69, 9.17) is 15.9 Å². The Kier molecular flexibility index (Phi) is 4.90. The van der Waals surface area contributed by atoms with E-state index < -0.39 is 0 Å². The van der Waals surface area contributed by atoms with Crippen molar-refractivity contribution in [3.63, 3.8) is 0 Å². The lowest BCUT2D eigenvalue weighted by molar-refractivity contribution is 0.318. The van der Waals surface area contributed by atoms with Crippen LogP contribution in [0.1, 0.15) is 12.5 Å². The van der Waals surface area contributed by atoms with Crippen molar-refractivity contribution in [3.05, 3.63) is 35.9 Å². The molecule has 1 atom stereocenters. The van der Waals surface area contributed by atoms with E-state index in [2.05, 4.69) is 23.2 Å². The number of oxime groups is 1. The number of hydrogen-bond acceptors (Lipinski definition) is 5. The molecule has 0 saturated carbocycles. The average Bonchev–Trinajstić information content (AvgIpc) is 2.52. The van der Waals surface area contributed by atoms with Crippen molar-refractivity contribution in [1.82, 2.24) is 4.98 Å². The first-order chi connectivity index (χ1) is 10.1. The van der Waals surface area contributed by atoms with Crippen molar-refractivity contribution in [2.45, 2.75) is 13.0 Å². The molecule has 21 heavy (non-hydrogen) atoms. The van der Waals surface area contributed by atoms with Crippen molar-refractivity contribution in [3.8, 4) is 0 Å². The van der Waals surface area contributed by atoms with E-state index in [0.717, 1.165) is 22.5 Å². The van der Waals surface area contributed by atoms with Crippen LogP contribution in [0.5, 0.6) is 0 Å². The number of aromatic nitrogens is 1. The summed E-state index contributed by atoms with van der Waals surface area (Å²) in [6.07, 6.45) is 2.07. The fraction of sp³-hybridized carbons (Fsp3) is 0.333. The molecule has 0 bridgehead atoms. The molecular weight excluding hydrogens is 284 g/mol. The summed E-state index contributed by atoms with van der Waals surface area (Å²) >= 11 is 1.78. The van der Waals surface area contributed by atoms with Crippen LogP contribution >= 0.6 is 11.8 Å². The first-order valence-electron chi connectivity index (χ1n) is 6.68. The first-order valence-corrected chi connectivity index (χ1v) is 8.07. The molecule has 1 aromatic carbocycles. The highest BCUT2D eigenvalue weighted by Crippen LogP contribution is 2.24. The van der Waals surface area contributed by atoms with E-state index in [1.807, 2.05) is 37.4 Å². The molecule has 2 aromatic rings. The van der Waals surface area contributed by atoms with Crippen LogP contribution in [0.4, 0.5) is 5.82 Å². The van der Waals surface area contributed by atoms with Crippen molar-refractivity contribution >= 4 is 34.3 Å². The fourth-order valence-corrected chi connectivity index (χ4v) is 2.88. The molecule has 1 unspecified atom stereocenters. The summed E-state index contributed by atoms with van der Waals surface area (Å²) in [5, 5.41) is 13.1. The van der Waals surface area contributed by atoms with Crippen molar-refractivity contribution in [1.29, 1.82) is 0 Å². The number of nitrogens with zero attached hydrogens (tertiary/aromatic N) is 3. The zero-order chi connectivity index (χ0) is 15.4. The van der Waals surface area contributed by atoms with Gasteiger partial charge in [0.25, 0.3) is 0 Å². The van der Waals surface area contributed by atoms with Crippen LogP contribution in [0.25, 0.3) is 10.9 Å². The molecule has 0 saturated heterocycles. The molecule has 112 valence electrons. The largest absolute Gasteiger partial charge is 0.409 e. The molecule has 0 amide bonds. The minimum atomic E-state index is 0.0754. The lowest BCUT2D eigenvalue weighted by atomic mass is 10.1. The molecule has 6 heteroatoms. The van der Waals surface area contributed by atoms with Crippen LogP contribution in [0, 0.1) is 0 Å². The van der Waals surface area contributed by atoms with Crippen LogP contribution < -0.4 is 10.6 Å². The van der Waals surface area contributed by atoms with Crippen LogP contribution in [-0.2, 0) is 0 Å². The molecular formula is C15H20N4OS. The van der Waals surface area contributed by atoms with Gasteiger partial charge in [0.1, 0.15) is 5.82 Å². The Morgan fingerprint density at radius 3 is 2.86 bits per heavy atom. The second-order valence-corrected chi connectivity index (χ2v) is 5.86. The molecule has 0 radical (unpaired) electrons. The summed E-state index contributed by atoms with van der Waals surface area (Å²) in [6.45, 7) is 2.13. The SMILES string of the molecule is CSCC(C)N(C)c1nc2ccccc2cc1/C(N)=N/O. The van der Waals surface area contributed by atoms with Gasteiger partial charge in [0.05, 0.1) is 11.1 Å². The van der Waals surface area contributed by atoms with Crippen LogP contribution in [0.2, 0.25) is 0 Å². The van der Waals surface area contributed by atoms with Crippen LogP contribution in [-0.4, -0.2) is 41.1 Å². The summed E-state index contributed by atoms with van der Waals surface area (Å²) < 4.78 is 0. The quantitative estimate of drug-likeness (QED) is 0.384. The van der Waals surface area contributed by atoms with Gasteiger partial charge in [-0.15, -0.1) is 0 Å². The summed E-state index contributed by atoms with van der Waals surface area (Å²) in [6, 6.07) is 10.0. The van der Waals surface area contributed by atoms with E-state index in [9.17, 15) is 0 Å². The highest BCUT2D eigenvalue weighted by atomic mass is 32.2. The maximum atomic E-state index is 9.02. The van der Waals surface area contributed by atoms with E-state index in [-0.39, 0.29) is 5.84 Å². The molecule has 5 nitrogen and oxygen atoms in total. The Labute approximate surface area is 128 Å². The Morgan fingerprint density at radius 2 is 2.19 bits per heavy atom. The standard InChI is InChI=1S/C15H20N4OS/c1-10(9-21-3)19(2)15-12(14(16)18-20)8-11-6-4-5-7-13(11)17-15/h4-8,10,20H,9H2,1-3H3,(H2,16,18). The summed E-state index contributed by atoms with van der Waals surface area (Å²) in [5.74, 6) is 1.78. The molecule has 0 fully saturated rings. The maximum Gasteiger partial charge on any atom is 0.173 e. The number of rotatable bonds is 5. The summed E-state index contributed by atoms with van der Waals surface area (Å²) in [7, 11) is 1.98. The van der Waals surface area contributed by atoms with Crippen molar-refractivity contribution in [2.75, 3.05) is 24.0 Å². The number of pyridine rings is 1. The number of thioether (sulfide) groups is 1. The summed E-state index contributed by atoms with van der Waals surface area (Å²) in [4.78, 5) is 6.76. The van der Waals surface area contributed by atoms with Gasteiger partial charge in [0, 0.05) is 24.2 Å². The van der Waals surface area contributed by atoms with Gasteiger partial charge in [-0.25, -0.2) is 4.98 Å². The van der Waals surface area contributed by atoms with Gasteiger partial charge in [0.2, 0.25) is 0 Å². The summed E-state index contributed by atoms with van der Waals surface area (Å²) in [5.41, 5.74) is 7.36. The highest BCUT2D eigenvalue weighted by molar-refractivity contribution is 7.98. The minimum absolute atomic E-state index is 0.0754. The monoisotopic (exact) mass is 304 g/mol. The van der Waals surface area contributed by atoms with E-state index in [0.29, 0.717) is 11.6 Å². The zero-order valence-corrected chi connectivity index (χ0v) is 13.3. The topological polar surface area (TPSA) is 74.7 Å². The van der Waals surface area contributed by atoms with Gasteiger partial charge in [-0.1, -0.05) is 23.4 Å². The number of benzene rings is 1. The second kappa shape index (κ2) is 6.67. The van der Waals surface area contributed by atoms with Crippen molar-refractivity contribution in [2.24, 2.45) is 10.9 Å². The third-order valence-electron chi connectivity index (χ3n) is 3.49. The molecule has 0 aliphatic rings. The van der Waals surface area contributed by atoms with Crippen LogP contribution in [0.15, 0.2) is 35.5 Å². The predicted molar refractivity (Wildman–Crippen MR) is 90.5 cm³/mol. The zero-order valence-electron chi connectivity index (χ0n) is 12.4. The van der Waals surface area contributed by atoms with Gasteiger partial charge < -0.3 is 15.8 Å². The van der Waals surface area contributed by atoms with E-state index >= 15 is 0 Å². The molecule has 0 aliphatic heterocycles. The van der Waals surface area contributed by atoms with Crippen LogP contribution in [0.3, 0.4) is 0 Å². The molecule has 1 heterocycles. The van der Waals surface area contributed by atoms with Gasteiger partial charge in [0.15, 0.2) is 5.84 Å². The van der Waals surface area contributed by atoms with Gasteiger partial charge in [-0.05, 0) is 25.3 Å². The normalized spacial score (nSPS) is 13.4. The molecule has 3 N–H and O–H groups in total. The van der Waals surface area contributed by atoms with Gasteiger partial charge in [-0.3, -0.25) is 0 Å². The van der Waals surface area contributed by atoms with Gasteiger partial charge in [-0.2, -0.15) is 11.8 Å². The Balaban J connectivity index is 2.58. The van der Waals surface area contributed by atoms with E-state index in [1.165, 1.54) is 0 Å². The molecule has 0 aliphatic carbocycles. The number of anilines is 1. The van der Waals surface area contributed by atoms with Crippen molar-refractivity contribution < 1.29 is 5.21 Å². The van der Waals surface area contributed by atoms with E-state index in [1.54, 1.807) is 11.8 Å². The maximum absolute atomic E-state index is 9.02. The Hall–Kier alpha value is -1.95. The third kappa shape index (κ3) is 3.21. The Morgan fingerprint density at radius 1 is 1.48 bits per heavy atom. The average molecular weight is 304 g/mol. The third-order valence-corrected chi connectivity index (χ3v) is 4.31. The number of fused-ring (bicyclic) bond motifs is 1. The number of amidine groups is 1. The molecule has 0 spiro atoms. The highest BCUT2D eigenvalue weighted by Gasteiger charge is 2.18. The number of para-hydroxylation sites is 1. The fourth-order valence-electron chi connectivity index (χ4n) is 2.18. The Bertz CT molecular complexity index is 659. The second-order valence-electron chi connectivity index (χ2n) is 4.95. The van der Waals surface area contributed by atoms with Gasteiger partial charge >= 0.3 is 0 Å². The number of nitrogens with two attached hydrogens (primary N) is 1.